The molecule has 6 aromatic rings. The van der Waals surface area contributed by atoms with E-state index in [1.807, 2.05) is 0 Å². The molecule has 0 saturated carbocycles. The van der Waals surface area contributed by atoms with Gasteiger partial charge in [-0.2, -0.15) is 0 Å². The third kappa shape index (κ3) is 2.68. The topological polar surface area (TPSA) is 13.1 Å². The maximum atomic E-state index is 6.65. The third-order valence-electron chi connectivity index (χ3n) is 6.31. The lowest BCUT2D eigenvalue weighted by Gasteiger charge is -2.14. The van der Waals surface area contributed by atoms with E-state index in [0.29, 0.717) is 5.92 Å². The number of hydrogen-bond donors (Lipinski definition) is 0. The second kappa shape index (κ2) is 6.96. The molecule has 0 atom stereocenters. The zero-order chi connectivity index (χ0) is 21.1. The van der Waals surface area contributed by atoms with Crippen molar-refractivity contribution < 1.29 is 4.42 Å². The van der Waals surface area contributed by atoms with Crippen LogP contribution in [0.25, 0.3) is 54.6 Å². The highest BCUT2D eigenvalue weighted by Crippen LogP contribution is 2.45. The molecule has 1 aromatic heterocycles. The van der Waals surface area contributed by atoms with E-state index < -0.39 is 0 Å². The summed E-state index contributed by atoms with van der Waals surface area (Å²) < 4.78 is 7.79. The first kappa shape index (κ1) is 18.7. The van der Waals surface area contributed by atoms with Gasteiger partial charge < -0.3 is 4.42 Å². The Bertz CT molecular complexity index is 1560. The van der Waals surface area contributed by atoms with Gasteiger partial charge in [0.25, 0.3) is 0 Å². The first-order valence-corrected chi connectivity index (χ1v) is 11.5. The van der Waals surface area contributed by atoms with Gasteiger partial charge >= 0.3 is 0 Å². The largest absolute Gasteiger partial charge is 0.455 e. The van der Waals surface area contributed by atoms with Crippen LogP contribution in [0.4, 0.5) is 0 Å². The molecule has 0 unspecified atom stereocenters. The molecule has 0 spiro atoms. The highest BCUT2D eigenvalue weighted by Gasteiger charge is 2.19. The average Bonchev–Trinajstić information content (AvgIpc) is 3.19. The molecule has 0 N–H and O–H groups in total. The quantitative estimate of drug-likeness (QED) is 0.232. The fourth-order valence-electron chi connectivity index (χ4n) is 4.86. The van der Waals surface area contributed by atoms with Gasteiger partial charge in [0.1, 0.15) is 11.2 Å². The predicted octanol–water partition coefficient (Wildman–Crippen LogP) is 9.45. The van der Waals surface area contributed by atoms with E-state index in [0.717, 1.165) is 21.2 Å². The molecule has 0 radical (unpaired) electrons. The Labute approximate surface area is 189 Å². The molecule has 31 heavy (non-hydrogen) atoms. The predicted molar refractivity (Wildman–Crippen MR) is 136 cm³/mol. The van der Waals surface area contributed by atoms with Crippen molar-refractivity contribution in [3.8, 4) is 11.1 Å². The summed E-state index contributed by atoms with van der Waals surface area (Å²) in [6.07, 6.45) is 0. The van der Waals surface area contributed by atoms with Crippen LogP contribution < -0.4 is 0 Å². The van der Waals surface area contributed by atoms with Gasteiger partial charge in [-0.15, -0.1) is 0 Å². The van der Waals surface area contributed by atoms with E-state index in [4.69, 9.17) is 4.42 Å². The van der Waals surface area contributed by atoms with Gasteiger partial charge in [-0.05, 0) is 49.0 Å². The van der Waals surface area contributed by atoms with Crippen LogP contribution in [-0.4, -0.2) is 0 Å². The Morgan fingerprint density at radius 3 is 1.71 bits per heavy atom. The SMILES string of the molecule is CC(C)c1cccc2c1oc1c(-c3c4ccccc4c(Br)c4ccccc34)cccc12. The van der Waals surface area contributed by atoms with Crippen molar-refractivity contribution in [2.75, 3.05) is 0 Å². The number of benzene rings is 5. The van der Waals surface area contributed by atoms with Crippen LogP contribution in [-0.2, 0) is 0 Å². The molecule has 0 fully saturated rings. The summed E-state index contributed by atoms with van der Waals surface area (Å²) in [6.45, 7) is 4.44. The van der Waals surface area contributed by atoms with Crippen LogP contribution in [0.15, 0.2) is 93.8 Å². The molecule has 0 aliphatic carbocycles. The number of rotatable bonds is 2. The fourth-order valence-corrected chi connectivity index (χ4v) is 5.55. The van der Waals surface area contributed by atoms with Crippen molar-refractivity contribution in [3.05, 3.63) is 95.0 Å². The molecule has 0 saturated heterocycles. The second-order valence-corrected chi connectivity index (χ2v) is 9.24. The molecule has 0 amide bonds. The molecule has 0 aliphatic rings. The van der Waals surface area contributed by atoms with Crippen LogP contribution >= 0.6 is 15.9 Å². The Balaban J connectivity index is 1.82. The van der Waals surface area contributed by atoms with Crippen molar-refractivity contribution >= 4 is 59.4 Å². The fraction of sp³-hybridized carbons (Fsp3) is 0.103. The van der Waals surface area contributed by atoms with Crippen LogP contribution in [0.5, 0.6) is 0 Å². The minimum atomic E-state index is 0.405. The summed E-state index contributed by atoms with van der Waals surface area (Å²) >= 11 is 3.87. The molecule has 1 nitrogen and oxygen atoms in total. The van der Waals surface area contributed by atoms with Crippen LogP contribution in [0.1, 0.15) is 25.3 Å². The highest BCUT2D eigenvalue weighted by atomic mass is 79.9. The standard InChI is InChI=1S/C29H21BrO/c1-17(2)18-13-7-14-23-24-15-8-16-25(29(24)31-28(18)23)26-19-9-3-5-11-21(19)27(30)22-12-6-4-10-20(22)26/h3-17H,1-2H3. The molecule has 2 heteroatoms. The lowest BCUT2D eigenvalue weighted by atomic mass is 9.91. The van der Waals surface area contributed by atoms with Gasteiger partial charge in [0.05, 0.1) is 0 Å². The van der Waals surface area contributed by atoms with Gasteiger partial charge in [0.15, 0.2) is 0 Å². The van der Waals surface area contributed by atoms with Gasteiger partial charge in [-0.1, -0.05) is 98.8 Å². The zero-order valence-electron chi connectivity index (χ0n) is 17.4. The zero-order valence-corrected chi connectivity index (χ0v) is 19.0. The molecular formula is C29H21BrO. The molecular weight excluding hydrogens is 444 g/mol. The first-order chi connectivity index (χ1) is 15.1. The van der Waals surface area contributed by atoms with Crippen LogP contribution in [0.3, 0.4) is 0 Å². The van der Waals surface area contributed by atoms with Crippen molar-refractivity contribution in [1.82, 2.24) is 0 Å². The summed E-state index contributed by atoms with van der Waals surface area (Å²) in [4.78, 5) is 0. The van der Waals surface area contributed by atoms with Crippen molar-refractivity contribution in [3.63, 3.8) is 0 Å². The average molecular weight is 465 g/mol. The van der Waals surface area contributed by atoms with E-state index in [1.54, 1.807) is 0 Å². The van der Waals surface area contributed by atoms with Crippen molar-refractivity contribution in [2.45, 2.75) is 19.8 Å². The summed E-state index contributed by atoms with van der Waals surface area (Å²) in [7, 11) is 0. The minimum Gasteiger partial charge on any atom is -0.455 e. The smallest absolute Gasteiger partial charge is 0.143 e. The van der Waals surface area contributed by atoms with Gasteiger partial charge in [0, 0.05) is 26.4 Å². The van der Waals surface area contributed by atoms with Crippen molar-refractivity contribution in [2.24, 2.45) is 0 Å². The second-order valence-electron chi connectivity index (χ2n) is 8.44. The number of hydrogen-bond acceptors (Lipinski definition) is 1. The van der Waals surface area contributed by atoms with Gasteiger partial charge in [0.2, 0.25) is 0 Å². The lowest BCUT2D eigenvalue weighted by molar-refractivity contribution is 0.658. The maximum Gasteiger partial charge on any atom is 0.143 e. The lowest BCUT2D eigenvalue weighted by Crippen LogP contribution is -1.88. The van der Waals surface area contributed by atoms with E-state index in [1.165, 1.54) is 43.4 Å². The van der Waals surface area contributed by atoms with E-state index >= 15 is 0 Å². The monoisotopic (exact) mass is 464 g/mol. The number of fused-ring (bicyclic) bond motifs is 5. The number of halogens is 1. The molecule has 0 bridgehead atoms. The van der Waals surface area contributed by atoms with Crippen LogP contribution in [0.2, 0.25) is 0 Å². The normalized spacial score (nSPS) is 12.0. The summed E-state index contributed by atoms with van der Waals surface area (Å²) in [5, 5.41) is 7.24. The minimum absolute atomic E-state index is 0.405. The van der Waals surface area contributed by atoms with Gasteiger partial charge in [-0.3, -0.25) is 0 Å². The summed E-state index contributed by atoms with van der Waals surface area (Å²) in [5.74, 6) is 0.405. The van der Waals surface area contributed by atoms with Crippen molar-refractivity contribution in [1.29, 1.82) is 0 Å². The summed E-state index contributed by atoms with van der Waals surface area (Å²) in [5.41, 5.74) is 5.59. The number of furan rings is 1. The molecule has 5 aromatic carbocycles. The van der Waals surface area contributed by atoms with E-state index in [9.17, 15) is 0 Å². The Morgan fingerprint density at radius 2 is 1.10 bits per heavy atom. The Kier molecular flexibility index (Phi) is 4.19. The maximum absolute atomic E-state index is 6.65. The first-order valence-electron chi connectivity index (χ1n) is 10.7. The van der Waals surface area contributed by atoms with E-state index in [2.05, 4.69) is 115 Å². The summed E-state index contributed by atoms with van der Waals surface area (Å²) in [6, 6.07) is 30.2. The Morgan fingerprint density at radius 1 is 0.581 bits per heavy atom. The Hall–Kier alpha value is -3.10. The number of para-hydroxylation sites is 2. The molecule has 0 aliphatic heterocycles. The molecule has 150 valence electrons. The van der Waals surface area contributed by atoms with Crippen LogP contribution in [0, 0.1) is 0 Å². The van der Waals surface area contributed by atoms with E-state index in [-0.39, 0.29) is 0 Å². The molecule has 1 heterocycles. The molecule has 6 rings (SSSR count). The van der Waals surface area contributed by atoms with Gasteiger partial charge in [-0.25, -0.2) is 0 Å². The third-order valence-corrected chi connectivity index (χ3v) is 7.17. The highest BCUT2D eigenvalue weighted by molar-refractivity contribution is 9.10.